The summed E-state index contributed by atoms with van der Waals surface area (Å²) in [6.45, 7) is 14.7. The maximum absolute atomic E-state index is 12.7. The number of unbranched alkanes of at least 4 members (excludes halogenated alkanes) is 41. The summed E-state index contributed by atoms with van der Waals surface area (Å²) >= 11 is 0. The van der Waals surface area contributed by atoms with E-state index in [-0.39, 0.29) is 103 Å². The van der Waals surface area contributed by atoms with Crippen LogP contribution in [0.15, 0.2) is 0 Å². The third-order valence-electron chi connectivity index (χ3n) is 25.2. The van der Waals surface area contributed by atoms with Crippen LogP contribution in [0.25, 0.3) is 0 Å². The summed E-state index contributed by atoms with van der Waals surface area (Å²) in [6, 6.07) is -3.34. The minimum Gasteiger partial charge on any atom is -0.481 e. The average molecular weight is 1780 g/mol. The molecule has 2 heterocycles. The molecule has 0 aromatic carbocycles. The van der Waals surface area contributed by atoms with Crippen LogP contribution >= 0.6 is 0 Å². The van der Waals surface area contributed by atoms with Gasteiger partial charge >= 0.3 is 35.8 Å². The van der Waals surface area contributed by atoms with E-state index in [0.717, 1.165) is 122 Å². The Kier molecular flexibility index (Phi) is 67.1. The van der Waals surface area contributed by atoms with Crippen molar-refractivity contribution in [1.82, 2.24) is 31.1 Å². The van der Waals surface area contributed by atoms with Crippen LogP contribution in [0.2, 0.25) is 0 Å². The molecule has 1 saturated carbocycles. The van der Waals surface area contributed by atoms with Crippen molar-refractivity contribution in [2.45, 2.75) is 471 Å². The van der Waals surface area contributed by atoms with Gasteiger partial charge in [0.1, 0.15) is 35.5 Å². The zero-order valence-electron chi connectivity index (χ0n) is 79.3. The second-order valence-corrected chi connectivity index (χ2v) is 38.6. The molecule has 0 spiro atoms. The summed E-state index contributed by atoms with van der Waals surface area (Å²) in [5.41, 5.74) is -1.20. The smallest absolute Gasteiger partial charge is 0.326 e. The zero-order chi connectivity index (χ0) is 93.8. The number of nitrogens with zero attached hydrogens (tertiary/aromatic N) is 2. The fraction of sp³-hybridized carbons (Fsp3) is 0.848. The Morgan fingerprint density at radius 3 is 0.778 bits per heavy atom. The molecule has 3 aliphatic rings. The van der Waals surface area contributed by atoms with Crippen molar-refractivity contribution in [2.75, 3.05) is 32.7 Å². The number of nitrogens with one attached hydrogen (secondary N) is 4. The van der Waals surface area contributed by atoms with E-state index in [1.54, 1.807) is 41.5 Å². The first-order chi connectivity index (χ1) is 60.0. The lowest BCUT2D eigenvalue weighted by atomic mass is 9.81. The van der Waals surface area contributed by atoms with Crippen LogP contribution in [0, 0.1) is 34.5 Å². The molecule has 0 aromatic heterocycles. The molecule has 126 heavy (non-hydrogen) atoms. The lowest BCUT2D eigenvalue weighted by molar-refractivity contribution is -0.145. The quantitative estimate of drug-likeness (QED) is 0.0253. The fourth-order valence-electron chi connectivity index (χ4n) is 16.5. The molecule has 0 radical (unpaired) electrons. The largest absolute Gasteiger partial charge is 0.481 e. The second kappa shape index (κ2) is 72.4. The number of hydrogen-bond acceptors (Lipinski definition) is 15. The molecule has 3 atom stereocenters. The molecule has 3 fully saturated rings. The number of carbonyl (C=O) groups is 15. The highest BCUT2D eigenvalue weighted by molar-refractivity contribution is 5.92. The zero-order valence-corrected chi connectivity index (χ0v) is 79.3. The van der Waals surface area contributed by atoms with E-state index < -0.39 is 64.8 Å². The molecule has 10 N–H and O–H groups in total. The predicted octanol–water partition coefficient (Wildman–Crippen LogP) is 19.6. The van der Waals surface area contributed by atoms with Gasteiger partial charge < -0.3 is 66.5 Å². The number of likely N-dealkylation sites (tertiary alicyclic amines) is 2. The summed E-state index contributed by atoms with van der Waals surface area (Å²) in [6.07, 6.45) is 59.0. The van der Waals surface area contributed by atoms with E-state index in [1.165, 1.54) is 180 Å². The number of Topliss-reactive ketones (excluding diaryl/α,β-unsaturated/α-hetero) is 3. The fourth-order valence-corrected chi connectivity index (χ4v) is 16.5. The Hall–Kier alpha value is -7.35. The van der Waals surface area contributed by atoms with Gasteiger partial charge in [-0.15, -0.1) is 0 Å². The summed E-state index contributed by atoms with van der Waals surface area (Å²) in [5.74, 6) is -6.92. The first-order valence-corrected chi connectivity index (χ1v) is 49.6. The molecular weight excluding hydrogens is 1610 g/mol. The van der Waals surface area contributed by atoms with Gasteiger partial charge in [0, 0.05) is 119 Å². The van der Waals surface area contributed by atoms with Gasteiger partial charge in [-0.05, 0) is 116 Å². The number of hydrogen-bond donors (Lipinski definition) is 10. The molecule has 6 amide bonds. The van der Waals surface area contributed by atoms with E-state index in [1.807, 2.05) is 9.80 Å². The van der Waals surface area contributed by atoms with Gasteiger partial charge in [-0.3, -0.25) is 52.7 Å². The highest BCUT2D eigenvalue weighted by Gasteiger charge is 2.36. The molecule has 0 bridgehead atoms. The van der Waals surface area contributed by atoms with Crippen LogP contribution in [0.1, 0.15) is 453 Å². The Balaban J connectivity index is 0.000000949. The van der Waals surface area contributed by atoms with Crippen molar-refractivity contribution >= 4 is 88.6 Å². The van der Waals surface area contributed by atoms with Crippen molar-refractivity contribution in [1.29, 1.82) is 0 Å². The minimum absolute atomic E-state index is 0.0173. The van der Waals surface area contributed by atoms with Crippen LogP contribution in [0.3, 0.4) is 0 Å². The van der Waals surface area contributed by atoms with Gasteiger partial charge in [0.05, 0.1) is 0 Å². The van der Waals surface area contributed by atoms with Gasteiger partial charge in [0.25, 0.3) is 0 Å². The van der Waals surface area contributed by atoms with Crippen molar-refractivity contribution in [2.24, 2.45) is 34.5 Å². The Bertz CT molecular complexity index is 3090. The Morgan fingerprint density at radius 1 is 0.286 bits per heavy atom. The van der Waals surface area contributed by atoms with Crippen molar-refractivity contribution in [3.8, 4) is 0 Å². The van der Waals surface area contributed by atoms with Gasteiger partial charge in [0.15, 0.2) is 0 Å². The van der Waals surface area contributed by atoms with Crippen molar-refractivity contribution < 1.29 is 103 Å². The van der Waals surface area contributed by atoms with Crippen LogP contribution in [0.4, 0.5) is 0 Å². The summed E-state index contributed by atoms with van der Waals surface area (Å²) in [5, 5.41) is 65.0. The Morgan fingerprint density at radius 2 is 0.524 bits per heavy atom. The number of carboxylic acids is 6. The number of ketones is 3. The topological polar surface area (TPSA) is 432 Å². The average Bonchev–Trinajstić information content (AvgIpc) is 0.861. The monoisotopic (exact) mass is 1780 g/mol. The molecule has 0 aromatic rings. The lowest BCUT2D eigenvalue weighted by Crippen LogP contribution is -2.48. The third-order valence-corrected chi connectivity index (χ3v) is 25.2. The molecule has 3 rings (SSSR count). The van der Waals surface area contributed by atoms with Gasteiger partial charge in [-0.25, -0.2) is 14.4 Å². The van der Waals surface area contributed by atoms with E-state index in [2.05, 4.69) is 21.3 Å². The maximum Gasteiger partial charge on any atom is 0.326 e. The highest BCUT2D eigenvalue weighted by atomic mass is 16.4. The number of piperidine rings is 2. The standard InChI is InChI=1S/C37H66N2O7.C32H56N2O7.C30H52N2O7/c1-37(2,3)32(40)27-26-31(36(45)46)39-35(44)30-24-22-29(23-25-30)28-38-33(41)20-18-16-14-12-10-8-6-4-5-7-9-11-13-15-17-19-21-34(42)43;1-32(2,3)27(35)24-26(31(40)41)33-30(39)25-20-22-34(23-21-25)28(36)18-16-14-12-10-8-6-4-5-7-9-11-13-15-17-19-29(37)38;1-24(33)18-19-26(30(38)39)31-29(37)25-20-22-32(23-21-25)27(34)16-14-12-10-8-6-4-2-3-5-7-9-11-13-15-17-28(35)36/h29-31H,4-28H2,1-3H3,(H,38,41)(H,39,44)(H,42,43)(H,45,46);25-26H,4-24H2,1-3H3,(H,33,39)(H,37,38)(H,40,41);25-26H,2-23H2,1H3,(H,31,37)(H,35,36)(H,38,39)/t29?,30?,31-;2*26-/m011/s1. The second-order valence-electron chi connectivity index (χ2n) is 38.6. The predicted molar refractivity (Wildman–Crippen MR) is 492 cm³/mol. The van der Waals surface area contributed by atoms with Crippen LogP contribution in [-0.2, 0) is 71.9 Å². The van der Waals surface area contributed by atoms with Gasteiger partial charge in [-0.1, -0.05) is 286 Å². The molecule has 2 aliphatic heterocycles. The Labute approximate surface area is 756 Å². The number of aliphatic carboxylic acids is 6. The highest BCUT2D eigenvalue weighted by Crippen LogP contribution is 2.31. The molecule has 27 nitrogen and oxygen atoms in total. The van der Waals surface area contributed by atoms with E-state index in [0.29, 0.717) is 116 Å². The van der Waals surface area contributed by atoms with E-state index in [9.17, 15) is 87.2 Å². The van der Waals surface area contributed by atoms with Crippen molar-refractivity contribution in [3.63, 3.8) is 0 Å². The normalized spacial score (nSPS) is 15.7. The summed E-state index contributed by atoms with van der Waals surface area (Å²) < 4.78 is 0. The molecule has 27 heteroatoms. The molecular formula is C99H174N6O21. The van der Waals surface area contributed by atoms with Crippen molar-refractivity contribution in [3.05, 3.63) is 0 Å². The van der Waals surface area contributed by atoms with E-state index >= 15 is 0 Å². The first-order valence-electron chi connectivity index (χ1n) is 49.6. The van der Waals surface area contributed by atoms with E-state index in [4.69, 9.17) is 15.3 Å². The van der Waals surface area contributed by atoms with Gasteiger partial charge in [0.2, 0.25) is 35.4 Å². The van der Waals surface area contributed by atoms with Crippen LogP contribution in [0.5, 0.6) is 0 Å². The SMILES string of the molecule is CC(=O)CC[C@@H](NC(=O)C1CCN(C(=O)CCCCCCCCCCCCCCCCC(=O)O)CC1)C(=O)O.CC(C)(C)C(=O)CC[C@H](NC(=O)C1CCC(CNC(=O)CCCCCCCCCCCCCCCCCCC(=O)O)CC1)C(=O)O.CC(C)(C)C(=O)C[C@@H](NC(=O)C1CCN(C(=O)CCCCCCCCCCCCCCCCC(=O)O)CC1)C(=O)O. The number of carboxylic acid groups (broad SMARTS) is 6. The third kappa shape index (κ3) is 63.6. The lowest BCUT2D eigenvalue weighted by Gasteiger charge is -2.32. The van der Waals surface area contributed by atoms with Gasteiger partial charge in [-0.2, -0.15) is 0 Å². The number of rotatable bonds is 72. The maximum atomic E-state index is 12.7. The molecule has 726 valence electrons. The number of carbonyl (C=O) groups excluding carboxylic acids is 9. The minimum atomic E-state index is -1.23. The number of amides is 6. The summed E-state index contributed by atoms with van der Waals surface area (Å²) in [7, 11) is 0. The van der Waals surface area contributed by atoms with Crippen LogP contribution < -0.4 is 21.3 Å². The first kappa shape index (κ1) is 117. The molecule has 0 unspecified atom stereocenters. The summed E-state index contributed by atoms with van der Waals surface area (Å²) in [4.78, 5) is 181. The molecule has 2 saturated heterocycles. The molecule has 1 aliphatic carbocycles. The van der Waals surface area contributed by atoms with Crippen LogP contribution in [-0.4, -0.2) is 180 Å².